The fourth-order valence-electron chi connectivity index (χ4n) is 13.9. The quantitative estimate of drug-likeness (QED) is 0.0936. The van der Waals surface area contributed by atoms with Gasteiger partial charge in [0.05, 0.1) is 0 Å². The molecule has 0 spiro atoms. The molecule has 0 heterocycles. The van der Waals surface area contributed by atoms with Crippen LogP contribution in [0.25, 0.3) is 43.1 Å². The second kappa shape index (κ2) is 29.6. The molecule has 0 bridgehead atoms. The van der Waals surface area contributed by atoms with Gasteiger partial charge in [-0.3, -0.25) is 0 Å². The molecule has 460 valence electrons. The summed E-state index contributed by atoms with van der Waals surface area (Å²) >= 11 is 0. The van der Waals surface area contributed by atoms with E-state index in [1.807, 2.05) is 0 Å². The van der Waals surface area contributed by atoms with Crippen molar-refractivity contribution in [2.45, 2.75) is 263 Å². The van der Waals surface area contributed by atoms with E-state index in [0.29, 0.717) is 41.2 Å². The molecular weight excluding hydrogens is 1200 g/mol. The van der Waals surface area contributed by atoms with Gasteiger partial charge >= 0.3 is 43.4 Å². The smallest absolute Gasteiger partial charge is 1.00 e. The number of hydrogen-bond donors (Lipinski definition) is 0. The Bertz CT molecular complexity index is 2740. The van der Waals surface area contributed by atoms with Gasteiger partial charge < -0.3 is 24.8 Å². The number of rotatable bonds is 4. The molecule has 0 saturated heterocycles. The molecule has 0 aliphatic carbocycles. The molecule has 0 fully saturated rings. The number of benzene rings is 4. The van der Waals surface area contributed by atoms with E-state index >= 15 is 0 Å². The minimum Gasteiger partial charge on any atom is -1.00 e. The second-order valence-electron chi connectivity index (χ2n) is 31.7. The summed E-state index contributed by atoms with van der Waals surface area (Å²) in [6.45, 7) is 75.2. The topological polar surface area (TPSA) is 0 Å². The summed E-state index contributed by atoms with van der Waals surface area (Å²) in [6.07, 6.45) is 0. The summed E-state index contributed by atoms with van der Waals surface area (Å²) in [6, 6.07) is 37.6. The summed E-state index contributed by atoms with van der Waals surface area (Å²) in [5.41, 5.74) is 11.2. The van der Waals surface area contributed by atoms with Crippen LogP contribution in [0.4, 0.5) is 0 Å². The van der Waals surface area contributed by atoms with Crippen LogP contribution in [-0.4, -0.2) is 41.2 Å². The predicted molar refractivity (Wildman–Crippen MR) is 380 cm³/mol. The van der Waals surface area contributed by atoms with E-state index in [-0.39, 0.29) is 99.9 Å². The van der Waals surface area contributed by atoms with E-state index in [9.17, 15) is 0 Å². The van der Waals surface area contributed by atoms with E-state index < -0.39 is 0 Å². The summed E-state index contributed by atoms with van der Waals surface area (Å²) in [5.74, 6) is 0. The second-order valence-corrected chi connectivity index (χ2v) is 47.2. The van der Waals surface area contributed by atoms with Crippen molar-refractivity contribution in [3.63, 3.8) is 0 Å². The van der Waals surface area contributed by atoms with E-state index in [1.54, 1.807) is 21.2 Å². The maximum atomic E-state index is 2.46. The van der Waals surface area contributed by atoms with Gasteiger partial charge in [-0.1, -0.05) is 272 Å². The first-order chi connectivity index (χ1) is 36.1. The third kappa shape index (κ3) is 19.5. The summed E-state index contributed by atoms with van der Waals surface area (Å²) in [7, 11) is -0.838. The maximum Gasteiger partial charge on any atom is 2.00 e. The van der Waals surface area contributed by atoms with Crippen LogP contribution in [0.2, 0.25) is 0 Å². The van der Waals surface area contributed by atoms with Crippen molar-refractivity contribution in [1.82, 2.24) is 0 Å². The standard InChI is InChI=1S/4C19H28P.2ClH.2Ti/c4*1-13-9-10-14(2)17-12-15(11-16(13)17)20(18(3,4)5)19(6,7)8;;;;/h4*9-12H,1-8H3;2*1H;;/q4*-1;;;2*+2/p-2. The van der Waals surface area contributed by atoms with Crippen LogP contribution >= 0.6 is 31.7 Å². The fourth-order valence-corrected chi connectivity index (χ4v) is 30.3. The molecule has 8 rings (SSSR count). The van der Waals surface area contributed by atoms with E-state index in [2.05, 4.69) is 319 Å². The summed E-state index contributed by atoms with van der Waals surface area (Å²) in [5, 5.41) is 20.5. The van der Waals surface area contributed by atoms with Gasteiger partial charge in [-0.05, 0) is 68.9 Å². The van der Waals surface area contributed by atoms with Gasteiger partial charge in [-0.2, -0.15) is 24.3 Å². The van der Waals surface area contributed by atoms with Crippen LogP contribution in [0, 0.1) is 55.4 Å². The monoisotopic (exact) mass is 1310 g/mol. The summed E-state index contributed by atoms with van der Waals surface area (Å²) < 4.78 is 0. The molecule has 84 heavy (non-hydrogen) atoms. The van der Waals surface area contributed by atoms with Crippen molar-refractivity contribution < 1.29 is 68.2 Å². The zero-order valence-electron chi connectivity index (χ0n) is 58.8. The first-order valence-electron chi connectivity index (χ1n) is 29.9. The molecule has 8 heteroatoms. The molecule has 0 N–H and O–H groups in total. The first-order valence-corrected chi connectivity index (χ1v) is 35.3. The number of halogens is 2. The van der Waals surface area contributed by atoms with Crippen LogP contribution in [0.3, 0.4) is 0 Å². The Morgan fingerprint density at radius 1 is 0.226 bits per heavy atom. The van der Waals surface area contributed by atoms with Crippen LogP contribution in [0.1, 0.15) is 211 Å². The Morgan fingerprint density at radius 3 is 0.452 bits per heavy atom. The normalized spacial score (nSPS) is 12.8. The Balaban J connectivity index is 0.000000551. The van der Waals surface area contributed by atoms with E-state index in [0.717, 1.165) is 0 Å². The van der Waals surface area contributed by atoms with Gasteiger partial charge in [-0.25, -0.2) is 0 Å². The zero-order valence-corrected chi connectivity index (χ0v) is 67.0. The van der Waals surface area contributed by atoms with Gasteiger partial charge in [0.2, 0.25) is 0 Å². The Morgan fingerprint density at radius 2 is 0.345 bits per heavy atom. The molecule has 8 aromatic rings. The van der Waals surface area contributed by atoms with Crippen molar-refractivity contribution >= 4 is 96.0 Å². The average molecular weight is 1320 g/mol. The van der Waals surface area contributed by atoms with Gasteiger partial charge in [-0.15, -0.1) is 135 Å². The molecule has 0 radical (unpaired) electrons. The minimum atomic E-state index is -0.209. The average Bonchev–Trinajstić information content (AvgIpc) is 4.07. The molecular formula is C76H112Cl2P4Ti2-2. The number of hydrogen-bond acceptors (Lipinski definition) is 0. The first kappa shape index (κ1) is 81.1. The van der Waals surface area contributed by atoms with Crippen LogP contribution in [0.5, 0.6) is 0 Å². The van der Waals surface area contributed by atoms with Crippen LogP contribution < -0.4 is 46.0 Å². The van der Waals surface area contributed by atoms with Gasteiger partial charge in [0, 0.05) is 0 Å². The molecule has 0 aromatic heterocycles. The predicted octanol–water partition coefficient (Wildman–Crippen LogP) is 17.5. The Kier molecular flexibility index (Phi) is 28.5. The maximum absolute atomic E-state index is 2.46. The largest absolute Gasteiger partial charge is 2.00 e. The molecule has 8 aromatic carbocycles. The number of aryl methyl sites for hydroxylation is 8. The molecule has 0 aliphatic heterocycles. The van der Waals surface area contributed by atoms with Crippen molar-refractivity contribution in [3.05, 3.63) is 142 Å². The zero-order chi connectivity index (χ0) is 61.2. The van der Waals surface area contributed by atoms with Crippen molar-refractivity contribution in [1.29, 1.82) is 0 Å². The van der Waals surface area contributed by atoms with Crippen molar-refractivity contribution in [3.8, 4) is 0 Å². The molecule has 0 aliphatic rings. The van der Waals surface area contributed by atoms with Gasteiger partial charge in [0.25, 0.3) is 0 Å². The molecule has 0 amide bonds. The van der Waals surface area contributed by atoms with Crippen LogP contribution in [0.15, 0.2) is 97.1 Å². The van der Waals surface area contributed by atoms with Gasteiger partial charge in [0.1, 0.15) is 0 Å². The molecule has 0 atom stereocenters. The molecule has 0 saturated carbocycles. The van der Waals surface area contributed by atoms with E-state index in [1.165, 1.54) is 87.6 Å². The summed E-state index contributed by atoms with van der Waals surface area (Å²) in [4.78, 5) is 0. The Labute approximate surface area is 563 Å². The minimum absolute atomic E-state index is 0. The molecule has 0 unspecified atom stereocenters. The van der Waals surface area contributed by atoms with Gasteiger partial charge in [0.15, 0.2) is 0 Å². The third-order valence-corrected chi connectivity index (χ3v) is 29.5. The SMILES string of the molecule is Cc1ccc(C)c2[cH-]c(P(C(C)(C)C)C(C)(C)C)cc12.Cc1ccc(C)c2[cH-]c(P(C(C)(C)C)C(C)(C)C)cc12.Cc1ccc(C)c2[cH-]c(P(C(C)(C)C)C(C)(C)C)cc12.Cc1ccc(C)c2[cH-]c(P(C(C)(C)C)C(C)(C)C)cc12.[Cl-].[Cl-].[Ti+2].[Ti+2]. The van der Waals surface area contributed by atoms with Crippen LogP contribution in [-0.2, 0) is 43.4 Å². The Hall–Kier alpha value is -0.951. The molecule has 0 nitrogen and oxygen atoms in total. The fraction of sp³-hybridized carbons (Fsp3) is 0.526. The van der Waals surface area contributed by atoms with Crippen molar-refractivity contribution in [2.24, 2.45) is 0 Å². The number of fused-ring (bicyclic) bond motifs is 4. The van der Waals surface area contributed by atoms with Crippen molar-refractivity contribution in [2.75, 3.05) is 0 Å². The third-order valence-electron chi connectivity index (χ3n) is 15.6. The van der Waals surface area contributed by atoms with E-state index in [4.69, 9.17) is 0 Å².